The first-order chi connectivity index (χ1) is 32.0. The number of rotatable bonds is 6. The van der Waals surface area contributed by atoms with Crippen LogP contribution in [0.5, 0.6) is 0 Å². The summed E-state index contributed by atoms with van der Waals surface area (Å²) in [5.41, 5.74) is 17.1. The molecule has 1 aliphatic rings. The van der Waals surface area contributed by atoms with Crippen LogP contribution in [0.3, 0.4) is 0 Å². The molecule has 3 aromatic heterocycles. The first-order valence-electron chi connectivity index (χ1n) is 22.3. The number of benzene rings is 9. The van der Waals surface area contributed by atoms with Crippen molar-refractivity contribution < 1.29 is 0 Å². The third kappa shape index (κ3) is 5.75. The SMILES string of the molecule is CC1(C)c2ccccc2-c2cc3c4cc(-c5ccc6c(c5)c5ccccc5n6-c5ccccc5)ccc4n(-c4ccccc4-c4nc(-c5ccccc5)nc(-c5ccccc5)n4)c3cc21. The van der Waals surface area contributed by atoms with E-state index in [1.165, 1.54) is 66.0 Å². The molecule has 0 spiro atoms. The highest BCUT2D eigenvalue weighted by Crippen LogP contribution is 2.51. The summed E-state index contributed by atoms with van der Waals surface area (Å²) in [6.45, 7) is 4.71. The molecule has 13 rings (SSSR count). The lowest BCUT2D eigenvalue weighted by Crippen LogP contribution is -2.15. The van der Waals surface area contributed by atoms with Gasteiger partial charge < -0.3 is 9.13 Å². The lowest BCUT2D eigenvalue weighted by molar-refractivity contribution is 0.661. The average Bonchev–Trinajstić information content (AvgIpc) is 3.95. The predicted molar refractivity (Wildman–Crippen MR) is 268 cm³/mol. The molecule has 0 aliphatic heterocycles. The zero-order valence-corrected chi connectivity index (χ0v) is 35.9. The van der Waals surface area contributed by atoms with E-state index < -0.39 is 0 Å². The summed E-state index contributed by atoms with van der Waals surface area (Å²) in [7, 11) is 0. The quantitative estimate of drug-likeness (QED) is 0.168. The molecule has 1 aliphatic carbocycles. The van der Waals surface area contributed by atoms with Gasteiger partial charge in [0.25, 0.3) is 0 Å². The predicted octanol–water partition coefficient (Wildman–Crippen LogP) is 15.0. The largest absolute Gasteiger partial charge is 0.309 e. The maximum absolute atomic E-state index is 5.22. The lowest BCUT2D eigenvalue weighted by atomic mass is 9.82. The Morgan fingerprint density at radius 2 is 0.831 bits per heavy atom. The summed E-state index contributed by atoms with van der Waals surface area (Å²) in [5, 5.41) is 4.87. The number of fused-ring (bicyclic) bond motifs is 9. The number of hydrogen-bond acceptors (Lipinski definition) is 3. The molecule has 0 saturated heterocycles. The molecule has 0 unspecified atom stereocenters. The second-order valence-electron chi connectivity index (χ2n) is 17.6. The van der Waals surface area contributed by atoms with Gasteiger partial charge in [-0.3, -0.25) is 0 Å². The Morgan fingerprint density at radius 1 is 0.323 bits per heavy atom. The van der Waals surface area contributed by atoms with Crippen LogP contribution in [0.2, 0.25) is 0 Å². The van der Waals surface area contributed by atoms with Crippen molar-refractivity contribution in [2.75, 3.05) is 0 Å². The molecular weight excluding hydrogens is 791 g/mol. The molecule has 0 saturated carbocycles. The number of hydrogen-bond donors (Lipinski definition) is 0. The Kier molecular flexibility index (Phi) is 8.18. The minimum atomic E-state index is -0.177. The molecular formula is C60H41N5. The van der Waals surface area contributed by atoms with Crippen molar-refractivity contribution in [3.05, 3.63) is 223 Å². The topological polar surface area (TPSA) is 48.5 Å². The van der Waals surface area contributed by atoms with Gasteiger partial charge in [0.15, 0.2) is 17.5 Å². The standard InChI is InChI=1S/C60H41N5/c1-60(2)50-27-15-12-24-43(50)46-36-49-48-35-41(40-30-32-54-47(34-40)44-25-13-16-28-52(44)64(54)42-22-10-5-11-23-42)31-33-55(48)65(56(49)37-51(46)60)53-29-17-14-26-45(53)59-62-57(38-18-6-3-7-19-38)61-58(63-59)39-20-8-4-9-21-39/h3-37H,1-2H3. The van der Waals surface area contributed by atoms with Gasteiger partial charge in [0.1, 0.15) is 0 Å². The van der Waals surface area contributed by atoms with Crippen LogP contribution in [-0.4, -0.2) is 24.1 Å². The van der Waals surface area contributed by atoms with Crippen LogP contribution < -0.4 is 0 Å². The Bertz CT molecular complexity index is 3790. The molecule has 0 atom stereocenters. The second-order valence-corrected chi connectivity index (χ2v) is 17.6. The van der Waals surface area contributed by atoms with E-state index in [0.29, 0.717) is 17.5 Å². The maximum Gasteiger partial charge on any atom is 0.166 e. The third-order valence-electron chi connectivity index (χ3n) is 13.6. The highest BCUT2D eigenvalue weighted by molar-refractivity contribution is 6.14. The lowest BCUT2D eigenvalue weighted by Gasteiger charge is -2.22. The molecule has 0 radical (unpaired) electrons. The first-order valence-corrected chi connectivity index (χ1v) is 22.3. The summed E-state index contributed by atoms with van der Waals surface area (Å²) in [5.74, 6) is 1.89. The van der Waals surface area contributed by atoms with Crippen molar-refractivity contribution in [1.82, 2.24) is 24.1 Å². The fourth-order valence-corrected chi connectivity index (χ4v) is 10.4. The molecule has 0 bridgehead atoms. The van der Waals surface area contributed by atoms with E-state index in [1.807, 2.05) is 36.4 Å². The molecule has 9 aromatic carbocycles. The van der Waals surface area contributed by atoms with Crippen LogP contribution in [0.1, 0.15) is 25.0 Å². The van der Waals surface area contributed by atoms with Crippen molar-refractivity contribution >= 4 is 43.6 Å². The van der Waals surface area contributed by atoms with Crippen molar-refractivity contribution in [2.24, 2.45) is 0 Å². The monoisotopic (exact) mass is 831 g/mol. The summed E-state index contributed by atoms with van der Waals surface area (Å²) in [6, 6.07) is 76.1. The van der Waals surface area contributed by atoms with E-state index in [0.717, 1.165) is 39.1 Å². The van der Waals surface area contributed by atoms with Crippen LogP contribution >= 0.6 is 0 Å². The molecule has 0 fully saturated rings. The maximum atomic E-state index is 5.22. The normalized spacial score (nSPS) is 12.9. The molecule has 5 heteroatoms. The van der Waals surface area contributed by atoms with Crippen LogP contribution in [-0.2, 0) is 5.41 Å². The smallest absolute Gasteiger partial charge is 0.166 e. The van der Waals surface area contributed by atoms with Gasteiger partial charge in [-0.15, -0.1) is 0 Å². The van der Waals surface area contributed by atoms with E-state index in [-0.39, 0.29) is 5.41 Å². The van der Waals surface area contributed by atoms with Gasteiger partial charge in [-0.25, -0.2) is 15.0 Å². The fraction of sp³-hybridized carbons (Fsp3) is 0.0500. The highest BCUT2D eigenvalue weighted by Gasteiger charge is 2.36. The summed E-state index contributed by atoms with van der Waals surface area (Å²) >= 11 is 0. The molecule has 65 heavy (non-hydrogen) atoms. The summed E-state index contributed by atoms with van der Waals surface area (Å²) in [6.07, 6.45) is 0. The van der Waals surface area contributed by atoms with Crippen molar-refractivity contribution in [1.29, 1.82) is 0 Å². The fourth-order valence-electron chi connectivity index (χ4n) is 10.4. The van der Waals surface area contributed by atoms with Crippen LogP contribution in [0.4, 0.5) is 0 Å². The highest BCUT2D eigenvalue weighted by atomic mass is 15.1. The van der Waals surface area contributed by atoms with Gasteiger partial charge in [-0.2, -0.15) is 0 Å². The Morgan fingerprint density at radius 3 is 1.52 bits per heavy atom. The van der Waals surface area contributed by atoms with Gasteiger partial charge in [0.05, 0.1) is 27.8 Å². The zero-order chi connectivity index (χ0) is 43.2. The Balaban J connectivity index is 1.06. The number of para-hydroxylation sites is 3. The van der Waals surface area contributed by atoms with Gasteiger partial charge in [-0.1, -0.05) is 159 Å². The van der Waals surface area contributed by atoms with Crippen molar-refractivity contribution in [3.8, 4) is 67.8 Å². The average molecular weight is 832 g/mol. The van der Waals surface area contributed by atoms with E-state index in [4.69, 9.17) is 15.0 Å². The second kappa shape index (κ2) is 14.3. The van der Waals surface area contributed by atoms with E-state index in [1.54, 1.807) is 0 Å². The summed E-state index contributed by atoms with van der Waals surface area (Å²) < 4.78 is 4.81. The van der Waals surface area contributed by atoms with Crippen LogP contribution in [0, 0.1) is 0 Å². The minimum Gasteiger partial charge on any atom is -0.309 e. The molecule has 306 valence electrons. The van der Waals surface area contributed by atoms with Gasteiger partial charge >= 0.3 is 0 Å². The Labute approximate surface area is 376 Å². The molecule has 12 aromatic rings. The van der Waals surface area contributed by atoms with E-state index in [9.17, 15) is 0 Å². The van der Waals surface area contributed by atoms with Gasteiger partial charge in [0, 0.05) is 49.3 Å². The number of aromatic nitrogens is 5. The molecule has 0 N–H and O–H groups in total. The molecule has 0 amide bonds. The molecule has 5 nitrogen and oxygen atoms in total. The van der Waals surface area contributed by atoms with Gasteiger partial charge in [0.2, 0.25) is 0 Å². The minimum absolute atomic E-state index is 0.177. The third-order valence-corrected chi connectivity index (χ3v) is 13.6. The summed E-state index contributed by atoms with van der Waals surface area (Å²) in [4.78, 5) is 15.5. The van der Waals surface area contributed by atoms with E-state index in [2.05, 4.69) is 199 Å². The van der Waals surface area contributed by atoms with Crippen LogP contribution in [0.25, 0.3) is 111 Å². The van der Waals surface area contributed by atoms with Gasteiger partial charge in [-0.05, 0) is 100 Å². The van der Waals surface area contributed by atoms with Crippen molar-refractivity contribution in [2.45, 2.75) is 19.3 Å². The zero-order valence-electron chi connectivity index (χ0n) is 35.9. The number of nitrogens with zero attached hydrogens (tertiary/aromatic N) is 5. The van der Waals surface area contributed by atoms with E-state index >= 15 is 0 Å². The van der Waals surface area contributed by atoms with Crippen LogP contribution in [0.15, 0.2) is 212 Å². The first kappa shape index (κ1) is 37.2. The van der Waals surface area contributed by atoms with Crippen molar-refractivity contribution in [3.63, 3.8) is 0 Å². The Hall–Kier alpha value is -8.41. The molecule has 3 heterocycles.